The number of nitrogens with one attached hydrogen (secondary N) is 1. The molecule has 0 bridgehead atoms. The van der Waals surface area contributed by atoms with Crippen LogP contribution in [0.1, 0.15) is 13.8 Å². The summed E-state index contributed by atoms with van der Waals surface area (Å²) >= 11 is 0. The first-order chi connectivity index (χ1) is 13.9. The van der Waals surface area contributed by atoms with Gasteiger partial charge in [0.15, 0.2) is 0 Å². The number of hydrogen-bond donors (Lipinski definition) is 1. The standard InChI is InChI=1S/C21H19N3O4S/c1-13(2)19(11-25)24-29(26,27)16-4-6-20-18(8-16)17-5-3-14(7-21(17)28-20)15-9-22-12-23-10-15/h3-13,19,24H,1-2H3/t19-/m0/s1. The first kappa shape index (κ1) is 19.2. The van der Waals surface area contributed by atoms with Gasteiger partial charge in [-0.05, 0) is 41.8 Å². The zero-order chi connectivity index (χ0) is 20.6. The third-order valence-electron chi connectivity index (χ3n) is 4.80. The van der Waals surface area contributed by atoms with Gasteiger partial charge in [-0.1, -0.05) is 19.9 Å². The van der Waals surface area contributed by atoms with E-state index >= 15 is 0 Å². The topological polar surface area (TPSA) is 102 Å². The Morgan fingerprint density at radius 2 is 1.72 bits per heavy atom. The number of sulfonamides is 1. The SMILES string of the molecule is CC(C)[C@H](C=O)NS(=O)(=O)c1ccc2oc3cc(-c4cncnc4)ccc3c2c1. The Bertz CT molecular complexity index is 1300. The molecular weight excluding hydrogens is 390 g/mol. The molecule has 2 heterocycles. The molecule has 1 atom stereocenters. The molecule has 0 fully saturated rings. The second-order valence-electron chi connectivity index (χ2n) is 7.13. The van der Waals surface area contributed by atoms with Gasteiger partial charge in [0.25, 0.3) is 0 Å². The number of furan rings is 1. The smallest absolute Gasteiger partial charge is 0.241 e. The fourth-order valence-corrected chi connectivity index (χ4v) is 4.46. The summed E-state index contributed by atoms with van der Waals surface area (Å²) in [6, 6.07) is 9.56. The van der Waals surface area contributed by atoms with Crippen LogP contribution in [0.15, 0.2) is 64.4 Å². The van der Waals surface area contributed by atoms with Gasteiger partial charge in [0.1, 0.15) is 23.8 Å². The lowest BCUT2D eigenvalue weighted by Crippen LogP contribution is -2.39. The van der Waals surface area contributed by atoms with E-state index in [0.29, 0.717) is 22.8 Å². The van der Waals surface area contributed by atoms with E-state index < -0.39 is 16.1 Å². The van der Waals surface area contributed by atoms with E-state index in [1.165, 1.54) is 12.4 Å². The second kappa shape index (κ2) is 7.38. The summed E-state index contributed by atoms with van der Waals surface area (Å²) in [4.78, 5) is 19.3. The van der Waals surface area contributed by atoms with Crippen molar-refractivity contribution in [1.29, 1.82) is 0 Å². The van der Waals surface area contributed by atoms with Gasteiger partial charge in [0.2, 0.25) is 10.0 Å². The minimum Gasteiger partial charge on any atom is -0.456 e. The van der Waals surface area contributed by atoms with Gasteiger partial charge in [-0.3, -0.25) is 0 Å². The minimum atomic E-state index is -3.85. The van der Waals surface area contributed by atoms with Crippen molar-refractivity contribution >= 4 is 38.2 Å². The Kier molecular flexibility index (Phi) is 4.89. The Morgan fingerprint density at radius 1 is 0.966 bits per heavy atom. The van der Waals surface area contributed by atoms with Crippen molar-refractivity contribution in [1.82, 2.24) is 14.7 Å². The summed E-state index contributed by atoms with van der Waals surface area (Å²) in [5.41, 5.74) is 2.97. The van der Waals surface area contributed by atoms with Crippen molar-refractivity contribution in [2.75, 3.05) is 0 Å². The van der Waals surface area contributed by atoms with Crippen molar-refractivity contribution < 1.29 is 17.6 Å². The molecule has 0 saturated heterocycles. The lowest BCUT2D eigenvalue weighted by Gasteiger charge is -2.16. The van der Waals surface area contributed by atoms with Crippen LogP contribution in [0, 0.1) is 5.92 Å². The van der Waals surface area contributed by atoms with E-state index in [9.17, 15) is 13.2 Å². The van der Waals surface area contributed by atoms with Gasteiger partial charge >= 0.3 is 0 Å². The van der Waals surface area contributed by atoms with Crippen LogP contribution in [0.4, 0.5) is 0 Å². The van der Waals surface area contributed by atoms with Crippen molar-refractivity contribution in [2.24, 2.45) is 5.92 Å². The van der Waals surface area contributed by atoms with Crippen LogP contribution in [0.25, 0.3) is 33.1 Å². The summed E-state index contributed by atoms with van der Waals surface area (Å²) in [5, 5.41) is 1.49. The molecule has 2 aromatic carbocycles. The molecule has 29 heavy (non-hydrogen) atoms. The molecule has 0 aliphatic rings. The quantitative estimate of drug-likeness (QED) is 0.489. The highest BCUT2D eigenvalue weighted by Crippen LogP contribution is 2.33. The van der Waals surface area contributed by atoms with Crippen LogP contribution in [0.5, 0.6) is 0 Å². The normalized spacial score (nSPS) is 13.2. The molecule has 148 valence electrons. The van der Waals surface area contributed by atoms with Crippen LogP contribution < -0.4 is 4.72 Å². The predicted octanol–water partition coefficient (Wildman–Crippen LogP) is 3.54. The Balaban J connectivity index is 1.77. The number of benzene rings is 2. The second-order valence-corrected chi connectivity index (χ2v) is 8.84. The first-order valence-corrected chi connectivity index (χ1v) is 10.6. The maximum absolute atomic E-state index is 12.7. The molecule has 0 amide bonds. The largest absolute Gasteiger partial charge is 0.456 e. The maximum Gasteiger partial charge on any atom is 0.241 e. The van der Waals surface area contributed by atoms with Crippen molar-refractivity contribution in [3.63, 3.8) is 0 Å². The fraction of sp³-hybridized carbons (Fsp3) is 0.190. The number of aromatic nitrogens is 2. The zero-order valence-electron chi connectivity index (χ0n) is 15.9. The van der Waals surface area contributed by atoms with Gasteiger partial charge in [0, 0.05) is 28.7 Å². The van der Waals surface area contributed by atoms with E-state index in [2.05, 4.69) is 14.7 Å². The summed E-state index contributed by atoms with van der Waals surface area (Å²) in [7, 11) is -3.85. The molecule has 7 nitrogen and oxygen atoms in total. The molecule has 8 heteroatoms. The van der Waals surface area contributed by atoms with Crippen LogP contribution in [0.2, 0.25) is 0 Å². The number of hydrogen-bond acceptors (Lipinski definition) is 6. The molecule has 0 saturated carbocycles. The molecule has 2 aromatic heterocycles. The minimum absolute atomic E-state index is 0.0840. The summed E-state index contributed by atoms with van der Waals surface area (Å²) < 4.78 is 33.8. The van der Waals surface area contributed by atoms with E-state index in [1.54, 1.807) is 38.4 Å². The predicted molar refractivity (Wildman–Crippen MR) is 110 cm³/mol. The van der Waals surface area contributed by atoms with Gasteiger partial charge < -0.3 is 9.21 Å². The third-order valence-corrected chi connectivity index (χ3v) is 6.26. The number of carbonyl (C=O) groups is 1. The Morgan fingerprint density at radius 3 is 2.41 bits per heavy atom. The number of rotatable bonds is 6. The number of aldehydes is 1. The van der Waals surface area contributed by atoms with Crippen molar-refractivity contribution in [3.05, 3.63) is 55.1 Å². The zero-order valence-corrected chi connectivity index (χ0v) is 16.7. The first-order valence-electron chi connectivity index (χ1n) is 9.08. The molecule has 0 aliphatic heterocycles. The van der Waals surface area contributed by atoms with E-state index in [4.69, 9.17) is 4.42 Å². The summed E-state index contributed by atoms with van der Waals surface area (Å²) in [6.45, 7) is 3.56. The van der Waals surface area contributed by atoms with Crippen LogP contribution in [-0.4, -0.2) is 30.7 Å². The molecule has 1 N–H and O–H groups in total. The third kappa shape index (κ3) is 3.64. The molecule has 4 aromatic rings. The fourth-order valence-electron chi connectivity index (χ4n) is 3.12. The van der Waals surface area contributed by atoms with E-state index in [1.807, 2.05) is 18.2 Å². The van der Waals surface area contributed by atoms with Crippen molar-refractivity contribution in [3.8, 4) is 11.1 Å². The highest BCUT2D eigenvalue weighted by Gasteiger charge is 2.23. The lowest BCUT2D eigenvalue weighted by molar-refractivity contribution is -0.110. The van der Waals surface area contributed by atoms with Gasteiger partial charge in [-0.15, -0.1) is 0 Å². The average Bonchev–Trinajstić information content (AvgIpc) is 3.09. The monoisotopic (exact) mass is 409 g/mol. The number of carbonyl (C=O) groups excluding carboxylic acids is 1. The highest BCUT2D eigenvalue weighted by molar-refractivity contribution is 7.89. The Hall–Kier alpha value is -3.10. The van der Waals surface area contributed by atoms with Gasteiger partial charge in [-0.2, -0.15) is 0 Å². The lowest BCUT2D eigenvalue weighted by atomic mass is 10.1. The van der Waals surface area contributed by atoms with Crippen molar-refractivity contribution in [2.45, 2.75) is 24.8 Å². The molecule has 4 rings (SSSR count). The highest BCUT2D eigenvalue weighted by atomic mass is 32.2. The van der Waals surface area contributed by atoms with Crippen LogP contribution in [-0.2, 0) is 14.8 Å². The van der Waals surface area contributed by atoms with E-state index in [-0.39, 0.29) is 10.8 Å². The number of fused-ring (bicyclic) bond motifs is 3. The molecular formula is C21H19N3O4S. The van der Waals surface area contributed by atoms with Gasteiger partial charge in [0.05, 0.1) is 10.9 Å². The average molecular weight is 409 g/mol. The van der Waals surface area contributed by atoms with Gasteiger partial charge in [-0.25, -0.2) is 23.1 Å². The van der Waals surface area contributed by atoms with Crippen LogP contribution in [0.3, 0.4) is 0 Å². The Labute approximate surface area is 167 Å². The molecule has 0 unspecified atom stereocenters. The molecule has 0 aliphatic carbocycles. The maximum atomic E-state index is 12.7. The summed E-state index contributed by atoms with van der Waals surface area (Å²) in [6.07, 6.45) is 5.51. The number of nitrogens with zero attached hydrogens (tertiary/aromatic N) is 2. The van der Waals surface area contributed by atoms with E-state index in [0.717, 1.165) is 16.5 Å². The summed E-state index contributed by atoms with van der Waals surface area (Å²) in [5.74, 6) is -0.152. The van der Waals surface area contributed by atoms with Crippen LogP contribution >= 0.6 is 0 Å². The molecule has 0 radical (unpaired) electrons. The molecule has 0 spiro atoms.